The van der Waals surface area contributed by atoms with Crippen LogP contribution in [0.1, 0.15) is 26.3 Å². The number of hydrogen-bond acceptors (Lipinski definition) is 2. The highest BCUT2D eigenvalue weighted by Crippen LogP contribution is 2.18. The number of carbonyl (C=O) groups is 2. The van der Waals surface area contributed by atoms with Crippen LogP contribution in [0.5, 0.6) is 0 Å². The molecule has 0 bridgehead atoms. The number of amides is 1. The third-order valence-electron chi connectivity index (χ3n) is 3.40. The average Bonchev–Trinajstić information content (AvgIpc) is 2.81. The van der Waals surface area contributed by atoms with Crippen LogP contribution in [0.2, 0.25) is 0 Å². The fourth-order valence-corrected chi connectivity index (χ4v) is 2.31. The van der Waals surface area contributed by atoms with E-state index < -0.39 is 6.04 Å². The number of aromatic nitrogens is 1. The first-order valence-corrected chi connectivity index (χ1v) is 6.87. The van der Waals surface area contributed by atoms with E-state index in [0.717, 1.165) is 16.5 Å². The number of Topliss-reactive ketones (excluding diaryl/α,β-unsaturated/α-hetero) is 1. The van der Waals surface area contributed by atoms with E-state index in [1.165, 1.54) is 0 Å². The quantitative estimate of drug-likeness (QED) is 0.878. The molecule has 106 valence electrons. The number of nitrogens with one attached hydrogen (secondary N) is 2. The highest BCUT2D eigenvalue weighted by atomic mass is 16.2. The average molecular weight is 272 g/mol. The lowest BCUT2D eigenvalue weighted by Crippen LogP contribution is -2.41. The van der Waals surface area contributed by atoms with Crippen molar-refractivity contribution in [3.8, 4) is 0 Å². The van der Waals surface area contributed by atoms with Gasteiger partial charge in [0.2, 0.25) is 5.91 Å². The normalized spacial score (nSPS) is 12.6. The van der Waals surface area contributed by atoms with Crippen molar-refractivity contribution < 1.29 is 9.59 Å². The van der Waals surface area contributed by atoms with Crippen LogP contribution in [-0.4, -0.2) is 22.7 Å². The predicted molar refractivity (Wildman–Crippen MR) is 79.5 cm³/mol. The maximum absolute atomic E-state index is 12.0. The molecule has 0 unspecified atom stereocenters. The Hall–Kier alpha value is -2.10. The van der Waals surface area contributed by atoms with Crippen molar-refractivity contribution in [3.05, 3.63) is 36.0 Å². The summed E-state index contributed by atoms with van der Waals surface area (Å²) in [6.45, 7) is 5.41. The van der Waals surface area contributed by atoms with Gasteiger partial charge in [0, 0.05) is 23.0 Å². The monoisotopic (exact) mass is 272 g/mol. The van der Waals surface area contributed by atoms with Gasteiger partial charge in [0.05, 0.1) is 12.5 Å². The smallest absolute Gasteiger partial charge is 0.225 e. The summed E-state index contributed by atoms with van der Waals surface area (Å²) in [6.07, 6.45) is 2.12. The fourth-order valence-electron chi connectivity index (χ4n) is 2.31. The number of carbonyl (C=O) groups excluding carboxylic acids is 2. The summed E-state index contributed by atoms with van der Waals surface area (Å²) in [4.78, 5) is 26.9. The standard InChI is InChI=1S/C16H20N2O2/c1-10(2)16(20)11(3)18-15(19)8-12-9-17-14-7-5-4-6-13(12)14/h4-7,9-11,17H,8H2,1-3H3,(H,18,19)/t11-/m0/s1. The van der Waals surface area contributed by atoms with E-state index in [1.54, 1.807) is 6.92 Å². The van der Waals surface area contributed by atoms with Gasteiger partial charge in [-0.3, -0.25) is 9.59 Å². The molecule has 1 aromatic carbocycles. The van der Waals surface area contributed by atoms with Crippen LogP contribution in [-0.2, 0) is 16.0 Å². The van der Waals surface area contributed by atoms with Gasteiger partial charge in [0.25, 0.3) is 0 Å². The van der Waals surface area contributed by atoms with Crippen molar-refractivity contribution >= 4 is 22.6 Å². The molecule has 0 aliphatic rings. The van der Waals surface area contributed by atoms with Crippen molar-refractivity contribution in [2.45, 2.75) is 33.2 Å². The number of para-hydroxylation sites is 1. The maximum Gasteiger partial charge on any atom is 0.225 e. The molecule has 0 aliphatic heterocycles. The minimum absolute atomic E-state index is 0.0530. The summed E-state index contributed by atoms with van der Waals surface area (Å²) in [5.74, 6) is -0.146. The minimum Gasteiger partial charge on any atom is -0.361 e. The molecule has 2 N–H and O–H groups in total. The predicted octanol–water partition coefficient (Wildman–Crippen LogP) is 2.44. The van der Waals surface area contributed by atoms with Crippen molar-refractivity contribution in [2.24, 2.45) is 5.92 Å². The molecule has 2 aromatic rings. The molecule has 4 nitrogen and oxygen atoms in total. The third kappa shape index (κ3) is 3.07. The highest BCUT2D eigenvalue weighted by Gasteiger charge is 2.18. The first-order valence-electron chi connectivity index (χ1n) is 6.87. The van der Waals surface area contributed by atoms with Crippen molar-refractivity contribution in [2.75, 3.05) is 0 Å². The Morgan fingerprint density at radius 3 is 2.60 bits per heavy atom. The molecule has 20 heavy (non-hydrogen) atoms. The zero-order valence-corrected chi connectivity index (χ0v) is 12.1. The van der Waals surface area contributed by atoms with Crippen LogP contribution in [0, 0.1) is 5.92 Å². The second kappa shape index (κ2) is 5.90. The van der Waals surface area contributed by atoms with E-state index in [9.17, 15) is 9.59 Å². The van der Waals surface area contributed by atoms with Gasteiger partial charge in [-0.05, 0) is 18.6 Å². The van der Waals surface area contributed by atoms with E-state index in [0.29, 0.717) is 0 Å². The molecule has 0 aliphatic carbocycles. The van der Waals surface area contributed by atoms with Crippen molar-refractivity contribution in [1.29, 1.82) is 0 Å². The van der Waals surface area contributed by atoms with Crippen molar-refractivity contribution in [1.82, 2.24) is 10.3 Å². The van der Waals surface area contributed by atoms with Gasteiger partial charge in [-0.25, -0.2) is 0 Å². The van der Waals surface area contributed by atoms with Crippen LogP contribution in [0.3, 0.4) is 0 Å². The summed E-state index contributed by atoms with van der Waals surface area (Å²) < 4.78 is 0. The van der Waals surface area contributed by atoms with Gasteiger partial charge in [0.1, 0.15) is 0 Å². The Bertz CT molecular complexity index is 628. The molecule has 0 spiro atoms. The molecule has 1 atom stereocenters. The molecule has 1 amide bonds. The Morgan fingerprint density at radius 1 is 1.20 bits per heavy atom. The lowest BCUT2D eigenvalue weighted by Gasteiger charge is -2.14. The largest absolute Gasteiger partial charge is 0.361 e. The SMILES string of the molecule is CC(C)C(=O)[C@H](C)NC(=O)Cc1c[nH]c2ccccc12. The van der Waals surface area contributed by atoms with E-state index in [1.807, 2.05) is 44.3 Å². The number of H-pyrrole nitrogens is 1. The van der Waals surface area contributed by atoms with Gasteiger partial charge in [0.15, 0.2) is 5.78 Å². The zero-order chi connectivity index (χ0) is 14.7. The van der Waals surface area contributed by atoms with E-state index in [2.05, 4.69) is 10.3 Å². The first-order chi connectivity index (χ1) is 9.49. The van der Waals surface area contributed by atoms with Gasteiger partial charge >= 0.3 is 0 Å². The fraction of sp³-hybridized carbons (Fsp3) is 0.375. The van der Waals surface area contributed by atoms with E-state index >= 15 is 0 Å². The van der Waals surface area contributed by atoms with Crippen LogP contribution in [0.15, 0.2) is 30.5 Å². The lowest BCUT2D eigenvalue weighted by molar-refractivity contribution is -0.128. The number of hydrogen-bond donors (Lipinski definition) is 2. The molecule has 0 saturated heterocycles. The van der Waals surface area contributed by atoms with E-state index in [-0.39, 0.29) is 24.0 Å². The summed E-state index contributed by atoms with van der Waals surface area (Å²) in [6, 6.07) is 7.42. The van der Waals surface area contributed by atoms with Crippen LogP contribution >= 0.6 is 0 Å². The first kappa shape index (κ1) is 14.3. The molecule has 2 rings (SSSR count). The van der Waals surface area contributed by atoms with Crippen LogP contribution in [0.4, 0.5) is 0 Å². The minimum atomic E-state index is -0.437. The Balaban J connectivity index is 2.03. The second-order valence-corrected chi connectivity index (χ2v) is 5.38. The third-order valence-corrected chi connectivity index (χ3v) is 3.40. The lowest BCUT2D eigenvalue weighted by atomic mass is 10.0. The Labute approximate surface area is 118 Å². The van der Waals surface area contributed by atoms with Gasteiger partial charge < -0.3 is 10.3 Å². The number of aromatic amines is 1. The molecule has 1 heterocycles. The number of ketones is 1. The van der Waals surface area contributed by atoms with Gasteiger partial charge in [-0.2, -0.15) is 0 Å². The molecule has 1 aromatic heterocycles. The Morgan fingerprint density at radius 2 is 1.90 bits per heavy atom. The number of rotatable bonds is 5. The highest BCUT2D eigenvalue weighted by molar-refractivity contribution is 5.92. The van der Waals surface area contributed by atoms with E-state index in [4.69, 9.17) is 0 Å². The van der Waals surface area contributed by atoms with Crippen LogP contribution in [0.25, 0.3) is 10.9 Å². The van der Waals surface area contributed by atoms with Crippen LogP contribution < -0.4 is 5.32 Å². The maximum atomic E-state index is 12.0. The molecule has 0 saturated carbocycles. The zero-order valence-electron chi connectivity index (χ0n) is 12.1. The topological polar surface area (TPSA) is 62.0 Å². The van der Waals surface area contributed by atoms with Gasteiger partial charge in [-0.15, -0.1) is 0 Å². The Kier molecular flexibility index (Phi) is 4.23. The van der Waals surface area contributed by atoms with Crippen molar-refractivity contribution in [3.63, 3.8) is 0 Å². The summed E-state index contributed by atoms with van der Waals surface area (Å²) >= 11 is 0. The molecule has 4 heteroatoms. The second-order valence-electron chi connectivity index (χ2n) is 5.38. The molecule has 0 fully saturated rings. The molecule has 0 radical (unpaired) electrons. The number of benzene rings is 1. The molecular weight excluding hydrogens is 252 g/mol. The van der Waals surface area contributed by atoms with Gasteiger partial charge in [-0.1, -0.05) is 32.0 Å². The summed E-state index contributed by atoms with van der Waals surface area (Å²) in [5.41, 5.74) is 1.96. The summed E-state index contributed by atoms with van der Waals surface area (Å²) in [7, 11) is 0. The summed E-state index contributed by atoms with van der Waals surface area (Å²) in [5, 5.41) is 3.81. The number of fused-ring (bicyclic) bond motifs is 1. The molecular formula is C16H20N2O2.